The maximum atomic E-state index is 12.2. The van der Waals surface area contributed by atoms with Gasteiger partial charge in [-0.3, -0.25) is 4.72 Å². The van der Waals surface area contributed by atoms with Crippen LogP contribution in [-0.2, 0) is 29.4 Å². The van der Waals surface area contributed by atoms with Gasteiger partial charge in [-0.2, -0.15) is 13.2 Å². The number of allylic oxidation sites excluding steroid dienone is 2. The lowest BCUT2D eigenvalue weighted by Gasteiger charge is -2.21. The first-order chi connectivity index (χ1) is 13.9. The molecule has 0 heterocycles. The molecule has 1 N–H and O–H groups in total. The van der Waals surface area contributed by atoms with Crippen LogP contribution in [0.2, 0.25) is 0 Å². The van der Waals surface area contributed by atoms with Gasteiger partial charge in [0.15, 0.2) is 0 Å². The molecule has 1 rings (SSSR count). The zero-order valence-electron chi connectivity index (χ0n) is 16.4. The van der Waals surface area contributed by atoms with Crippen LogP contribution in [0.3, 0.4) is 0 Å². The molecule has 30 heavy (non-hydrogen) atoms. The number of benzene rings is 1. The molecule has 0 saturated carbocycles. The van der Waals surface area contributed by atoms with Gasteiger partial charge in [0.25, 0.3) is 10.0 Å². The summed E-state index contributed by atoms with van der Waals surface area (Å²) < 4.78 is 62.4. The molecule has 1 aromatic carbocycles. The highest BCUT2D eigenvalue weighted by molar-refractivity contribution is 7.95. The fourth-order valence-electron chi connectivity index (χ4n) is 2.16. The molecular weight excluding hydrogens is 429 g/mol. The molecule has 0 atom stereocenters. The second kappa shape index (κ2) is 10.7. The molecule has 0 aliphatic carbocycles. The molecule has 0 spiro atoms. The smallest absolute Gasteiger partial charge is 0.372 e. The standard InChI is InChI=1S/C18H21F3N2O6S/c1-4-23(5-2)15-9-7-14(8-10-15)22-30(26,27)12-13(3)6-11-16(24)28-29-17(25)18(19,20)21/h6-12,22H,4-5H2,1-3H3/b11-6+,13-12+. The Labute approximate surface area is 171 Å². The molecule has 0 radical (unpaired) electrons. The first-order valence-corrected chi connectivity index (χ1v) is 10.2. The number of anilines is 2. The van der Waals surface area contributed by atoms with Gasteiger partial charge in [-0.05, 0) is 50.6 Å². The SMILES string of the molecule is CCN(CC)c1ccc(NS(=O)(=O)/C=C(C)/C=C/C(=O)OOC(=O)C(F)(F)F)cc1. The van der Waals surface area contributed by atoms with E-state index in [-0.39, 0.29) is 5.57 Å². The lowest BCUT2D eigenvalue weighted by atomic mass is 10.2. The number of sulfonamides is 1. The number of carbonyl (C=O) groups excluding carboxylic acids is 2. The van der Waals surface area contributed by atoms with Crippen LogP contribution in [0.4, 0.5) is 24.5 Å². The Morgan fingerprint density at radius 2 is 1.63 bits per heavy atom. The Hall–Kier alpha value is -3.02. The van der Waals surface area contributed by atoms with Gasteiger partial charge in [0.05, 0.1) is 5.41 Å². The molecule has 12 heteroatoms. The van der Waals surface area contributed by atoms with Gasteiger partial charge >= 0.3 is 18.1 Å². The summed E-state index contributed by atoms with van der Waals surface area (Å²) in [7, 11) is -3.93. The van der Waals surface area contributed by atoms with Crippen molar-refractivity contribution in [2.45, 2.75) is 26.9 Å². The zero-order chi connectivity index (χ0) is 22.9. The molecule has 0 aliphatic heterocycles. The Morgan fingerprint density at radius 1 is 1.07 bits per heavy atom. The number of hydrogen-bond acceptors (Lipinski definition) is 7. The fraction of sp³-hybridized carbons (Fsp3) is 0.333. The summed E-state index contributed by atoms with van der Waals surface area (Å²) in [5.41, 5.74) is 1.31. The Morgan fingerprint density at radius 3 is 2.13 bits per heavy atom. The lowest BCUT2D eigenvalue weighted by Crippen LogP contribution is -2.26. The van der Waals surface area contributed by atoms with Crippen molar-refractivity contribution in [1.82, 2.24) is 0 Å². The van der Waals surface area contributed by atoms with Crippen LogP contribution in [-0.4, -0.2) is 39.6 Å². The van der Waals surface area contributed by atoms with E-state index in [0.29, 0.717) is 11.8 Å². The summed E-state index contributed by atoms with van der Waals surface area (Å²) >= 11 is 0. The third-order valence-electron chi connectivity index (χ3n) is 3.51. The molecule has 0 aliphatic rings. The monoisotopic (exact) mass is 450 g/mol. The largest absolute Gasteiger partial charge is 0.495 e. The molecule has 0 unspecified atom stereocenters. The summed E-state index contributed by atoms with van der Waals surface area (Å²) in [5, 5.41) is 0.802. The van der Waals surface area contributed by atoms with E-state index in [1.165, 1.54) is 6.92 Å². The van der Waals surface area contributed by atoms with Crippen molar-refractivity contribution in [3.63, 3.8) is 0 Å². The molecule has 0 amide bonds. The van der Waals surface area contributed by atoms with Crippen molar-refractivity contribution in [2.24, 2.45) is 0 Å². The molecular formula is C18H21F3N2O6S. The van der Waals surface area contributed by atoms with E-state index in [0.717, 1.165) is 30.3 Å². The van der Waals surface area contributed by atoms with E-state index in [9.17, 15) is 31.2 Å². The predicted octanol–water partition coefficient (Wildman–Crippen LogP) is 3.30. The highest BCUT2D eigenvalue weighted by Crippen LogP contribution is 2.19. The topological polar surface area (TPSA) is 102 Å². The third-order valence-corrected chi connectivity index (χ3v) is 4.71. The van der Waals surface area contributed by atoms with E-state index < -0.39 is 28.1 Å². The van der Waals surface area contributed by atoms with E-state index >= 15 is 0 Å². The van der Waals surface area contributed by atoms with Crippen LogP contribution in [0.15, 0.2) is 47.4 Å². The summed E-state index contributed by atoms with van der Waals surface area (Å²) in [6.45, 7) is 6.92. The average Bonchev–Trinajstić information content (AvgIpc) is 2.65. The minimum Gasteiger partial charge on any atom is -0.372 e. The molecule has 8 nitrogen and oxygen atoms in total. The van der Waals surface area contributed by atoms with Crippen molar-refractivity contribution < 1.29 is 41.0 Å². The lowest BCUT2D eigenvalue weighted by molar-refractivity contribution is -0.282. The average molecular weight is 450 g/mol. The second-order valence-electron chi connectivity index (χ2n) is 5.83. The van der Waals surface area contributed by atoms with Crippen molar-refractivity contribution >= 4 is 33.3 Å². The summed E-state index contributed by atoms with van der Waals surface area (Å²) in [6, 6.07) is 6.71. The zero-order valence-corrected chi connectivity index (χ0v) is 17.2. The van der Waals surface area contributed by atoms with Gasteiger partial charge in [0.1, 0.15) is 0 Å². The molecule has 1 aromatic rings. The minimum absolute atomic E-state index is 0.0568. The maximum absolute atomic E-state index is 12.2. The first kappa shape index (κ1) is 25.0. The van der Waals surface area contributed by atoms with Gasteiger partial charge in [0.2, 0.25) is 0 Å². The molecule has 0 fully saturated rings. The van der Waals surface area contributed by atoms with Gasteiger partial charge in [0, 0.05) is 30.5 Å². The third kappa shape index (κ3) is 8.55. The van der Waals surface area contributed by atoms with Crippen LogP contribution in [0.1, 0.15) is 20.8 Å². The van der Waals surface area contributed by atoms with Crippen molar-refractivity contribution in [1.29, 1.82) is 0 Å². The van der Waals surface area contributed by atoms with Crippen molar-refractivity contribution in [3.8, 4) is 0 Å². The van der Waals surface area contributed by atoms with E-state index in [1.807, 2.05) is 13.8 Å². The normalized spacial score (nSPS) is 12.5. The Bertz CT molecular complexity index is 905. The van der Waals surface area contributed by atoms with Gasteiger partial charge in [-0.1, -0.05) is 6.08 Å². The number of alkyl halides is 3. The van der Waals surface area contributed by atoms with Gasteiger partial charge < -0.3 is 4.90 Å². The van der Waals surface area contributed by atoms with Gasteiger partial charge in [-0.15, -0.1) is 0 Å². The fourth-order valence-corrected chi connectivity index (χ4v) is 3.25. The number of nitrogens with one attached hydrogen (secondary N) is 1. The van der Waals surface area contributed by atoms with Crippen molar-refractivity contribution in [3.05, 3.63) is 47.4 Å². The summed E-state index contributed by atoms with van der Waals surface area (Å²) in [5.74, 6) is -4.13. The highest BCUT2D eigenvalue weighted by atomic mass is 32.2. The number of rotatable bonds is 8. The van der Waals surface area contributed by atoms with Crippen molar-refractivity contribution in [2.75, 3.05) is 22.7 Å². The Balaban J connectivity index is 2.71. The number of nitrogens with zero attached hydrogens (tertiary/aromatic N) is 1. The summed E-state index contributed by atoms with van der Waals surface area (Å²) in [6.07, 6.45) is -3.75. The molecule has 166 valence electrons. The van der Waals surface area contributed by atoms with Crippen LogP contribution in [0.25, 0.3) is 0 Å². The second-order valence-corrected chi connectivity index (χ2v) is 7.36. The Kier molecular flexibility index (Phi) is 8.90. The van der Waals surface area contributed by atoms with Crippen LogP contribution < -0.4 is 9.62 Å². The van der Waals surface area contributed by atoms with Gasteiger partial charge in [-0.25, -0.2) is 27.8 Å². The van der Waals surface area contributed by atoms with Crippen LogP contribution >= 0.6 is 0 Å². The predicted molar refractivity (Wildman–Crippen MR) is 104 cm³/mol. The number of hydrogen-bond donors (Lipinski definition) is 1. The first-order valence-electron chi connectivity index (χ1n) is 8.61. The van der Waals surface area contributed by atoms with E-state index in [4.69, 9.17) is 0 Å². The summed E-state index contributed by atoms with van der Waals surface area (Å²) in [4.78, 5) is 30.7. The quantitative estimate of drug-likeness (QED) is 0.281. The number of carbonyl (C=O) groups is 2. The molecule has 0 bridgehead atoms. The highest BCUT2D eigenvalue weighted by Gasteiger charge is 2.43. The maximum Gasteiger partial charge on any atom is 0.495 e. The molecule has 0 aromatic heterocycles. The van der Waals surface area contributed by atoms with E-state index in [1.54, 1.807) is 24.3 Å². The van der Waals surface area contributed by atoms with E-state index in [2.05, 4.69) is 19.4 Å². The van der Waals surface area contributed by atoms with Crippen LogP contribution in [0.5, 0.6) is 0 Å². The molecule has 0 saturated heterocycles. The minimum atomic E-state index is -5.32. The number of halogens is 3. The van der Waals surface area contributed by atoms with Crippen LogP contribution in [0, 0.1) is 0 Å².